The van der Waals surface area contributed by atoms with Crippen LogP contribution < -0.4 is 10.1 Å². The molecule has 1 N–H and O–H groups in total. The Morgan fingerprint density at radius 3 is 2.71 bits per heavy atom. The molecule has 1 rings (SSSR count). The molecule has 96 valence electrons. The highest BCUT2D eigenvalue weighted by molar-refractivity contribution is 7.90. The van der Waals surface area contributed by atoms with Crippen LogP contribution in [-0.2, 0) is 9.84 Å². The minimum atomic E-state index is -2.96. The van der Waals surface area contributed by atoms with Gasteiger partial charge in [0.15, 0.2) is 0 Å². The van der Waals surface area contributed by atoms with E-state index in [2.05, 4.69) is 5.32 Å². The van der Waals surface area contributed by atoms with E-state index >= 15 is 0 Å². The van der Waals surface area contributed by atoms with Gasteiger partial charge in [0.1, 0.15) is 15.6 Å². The summed E-state index contributed by atoms with van der Waals surface area (Å²) in [6, 6.07) is 7.38. The Labute approximate surface area is 103 Å². The van der Waals surface area contributed by atoms with Crippen LogP contribution >= 0.6 is 0 Å². The van der Waals surface area contributed by atoms with Crippen molar-refractivity contribution >= 4 is 15.5 Å². The van der Waals surface area contributed by atoms with Crippen LogP contribution in [0.4, 0.5) is 5.69 Å². The lowest BCUT2D eigenvalue weighted by atomic mass is 10.2. The molecule has 0 bridgehead atoms. The molecular weight excluding hydrogens is 238 g/mol. The maximum Gasteiger partial charge on any atom is 0.149 e. The first-order valence-corrected chi connectivity index (χ1v) is 7.64. The van der Waals surface area contributed by atoms with Crippen molar-refractivity contribution in [3.8, 4) is 5.75 Å². The molecule has 5 heteroatoms. The molecule has 0 saturated heterocycles. The zero-order chi connectivity index (χ0) is 12.9. The van der Waals surface area contributed by atoms with Crippen LogP contribution in [-0.4, -0.2) is 33.1 Å². The van der Waals surface area contributed by atoms with Crippen molar-refractivity contribution in [2.24, 2.45) is 0 Å². The molecule has 1 aromatic rings. The maximum atomic E-state index is 11.1. The third-order valence-corrected chi connectivity index (χ3v) is 3.22. The summed E-state index contributed by atoms with van der Waals surface area (Å²) in [5, 5.41) is 3.14. The fourth-order valence-electron chi connectivity index (χ4n) is 1.62. The van der Waals surface area contributed by atoms with Crippen LogP contribution in [0.3, 0.4) is 0 Å². The number of ether oxygens (including phenoxy) is 1. The second kappa shape index (κ2) is 5.91. The average molecular weight is 257 g/mol. The zero-order valence-electron chi connectivity index (χ0n) is 10.4. The van der Waals surface area contributed by atoms with E-state index in [1.165, 1.54) is 6.26 Å². The molecule has 0 heterocycles. The van der Waals surface area contributed by atoms with Gasteiger partial charge in [-0.2, -0.15) is 0 Å². The van der Waals surface area contributed by atoms with E-state index in [-0.39, 0.29) is 11.8 Å². The van der Waals surface area contributed by atoms with Gasteiger partial charge in [-0.1, -0.05) is 6.07 Å². The monoisotopic (exact) mass is 257 g/mol. The van der Waals surface area contributed by atoms with E-state index in [9.17, 15) is 8.42 Å². The molecule has 17 heavy (non-hydrogen) atoms. The zero-order valence-corrected chi connectivity index (χ0v) is 11.3. The van der Waals surface area contributed by atoms with Crippen molar-refractivity contribution in [2.45, 2.75) is 19.9 Å². The Balaban J connectivity index is 2.65. The van der Waals surface area contributed by atoms with E-state index in [0.29, 0.717) is 6.61 Å². The Kier molecular flexibility index (Phi) is 4.81. The van der Waals surface area contributed by atoms with Crippen LogP contribution in [0.25, 0.3) is 0 Å². The van der Waals surface area contributed by atoms with Gasteiger partial charge in [-0.15, -0.1) is 0 Å². The summed E-state index contributed by atoms with van der Waals surface area (Å²) in [5.41, 5.74) is 0.868. The van der Waals surface area contributed by atoms with Gasteiger partial charge in [-0.25, -0.2) is 8.42 Å². The smallest absolute Gasteiger partial charge is 0.149 e. The van der Waals surface area contributed by atoms with Crippen LogP contribution in [0, 0.1) is 0 Å². The number of anilines is 1. The molecule has 0 saturated carbocycles. The molecule has 1 aromatic carbocycles. The van der Waals surface area contributed by atoms with Gasteiger partial charge in [0.2, 0.25) is 0 Å². The molecule has 4 nitrogen and oxygen atoms in total. The topological polar surface area (TPSA) is 55.4 Å². The van der Waals surface area contributed by atoms with E-state index in [1.807, 2.05) is 38.1 Å². The van der Waals surface area contributed by atoms with Crippen molar-refractivity contribution in [1.29, 1.82) is 0 Å². The fourth-order valence-corrected chi connectivity index (χ4v) is 2.61. The van der Waals surface area contributed by atoms with Gasteiger partial charge in [-0.05, 0) is 26.0 Å². The van der Waals surface area contributed by atoms with E-state index in [4.69, 9.17) is 4.74 Å². The van der Waals surface area contributed by atoms with Crippen molar-refractivity contribution in [3.63, 3.8) is 0 Å². The normalized spacial score (nSPS) is 13.1. The van der Waals surface area contributed by atoms with Gasteiger partial charge in [0, 0.05) is 24.1 Å². The molecule has 0 fully saturated rings. The lowest BCUT2D eigenvalue weighted by Crippen LogP contribution is -2.24. The Morgan fingerprint density at radius 1 is 1.41 bits per heavy atom. The average Bonchev–Trinajstić information content (AvgIpc) is 2.15. The SMILES string of the molecule is CCOc1cccc(NC(C)CS(C)(=O)=O)c1. The summed E-state index contributed by atoms with van der Waals surface area (Å²) in [6.07, 6.45) is 1.24. The van der Waals surface area contributed by atoms with Crippen LogP contribution in [0.1, 0.15) is 13.8 Å². The molecule has 1 atom stereocenters. The molecule has 0 aliphatic rings. The molecule has 0 amide bonds. The molecule has 0 aliphatic carbocycles. The maximum absolute atomic E-state index is 11.1. The third-order valence-electron chi connectivity index (χ3n) is 2.11. The Hall–Kier alpha value is -1.23. The summed E-state index contributed by atoms with van der Waals surface area (Å²) >= 11 is 0. The van der Waals surface area contributed by atoms with Gasteiger partial charge in [-0.3, -0.25) is 0 Å². The number of hydrogen-bond donors (Lipinski definition) is 1. The van der Waals surface area contributed by atoms with Crippen molar-refractivity contribution in [2.75, 3.05) is 23.9 Å². The van der Waals surface area contributed by atoms with Gasteiger partial charge in [0.05, 0.1) is 12.4 Å². The van der Waals surface area contributed by atoms with Crippen molar-refractivity contribution in [1.82, 2.24) is 0 Å². The molecule has 0 aromatic heterocycles. The summed E-state index contributed by atoms with van der Waals surface area (Å²) in [4.78, 5) is 0. The minimum Gasteiger partial charge on any atom is -0.494 e. The second-order valence-corrected chi connectivity index (χ2v) is 6.28. The number of benzene rings is 1. The number of hydrogen-bond acceptors (Lipinski definition) is 4. The van der Waals surface area contributed by atoms with Crippen molar-refractivity contribution in [3.05, 3.63) is 24.3 Å². The summed E-state index contributed by atoms with van der Waals surface area (Å²) < 4.78 is 27.6. The highest BCUT2D eigenvalue weighted by atomic mass is 32.2. The third kappa shape index (κ3) is 5.58. The van der Waals surface area contributed by atoms with E-state index < -0.39 is 9.84 Å². The highest BCUT2D eigenvalue weighted by Gasteiger charge is 2.10. The van der Waals surface area contributed by atoms with E-state index in [0.717, 1.165) is 11.4 Å². The lowest BCUT2D eigenvalue weighted by Gasteiger charge is -2.15. The fraction of sp³-hybridized carbons (Fsp3) is 0.500. The minimum absolute atomic E-state index is 0.117. The van der Waals surface area contributed by atoms with Crippen molar-refractivity contribution < 1.29 is 13.2 Å². The molecule has 0 spiro atoms. The van der Waals surface area contributed by atoms with Gasteiger partial charge in [0.25, 0.3) is 0 Å². The molecule has 1 unspecified atom stereocenters. The number of nitrogens with one attached hydrogen (secondary N) is 1. The second-order valence-electron chi connectivity index (χ2n) is 4.10. The highest BCUT2D eigenvalue weighted by Crippen LogP contribution is 2.18. The largest absolute Gasteiger partial charge is 0.494 e. The predicted octanol–water partition coefficient (Wildman–Crippen LogP) is 1.93. The van der Waals surface area contributed by atoms with Gasteiger partial charge < -0.3 is 10.1 Å². The summed E-state index contributed by atoms with van der Waals surface area (Å²) in [6.45, 7) is 4.38. The molecular formula is C12H19NO3S. The molecule has 0 radical (unpaired) electrons. The first kappa shape index (κ1) is 13.8. The van der Waals surface area contributed by atoms with E-state index in [1.54, 1.807) is 0 Å². The number of rotatable bonds is 6. The standard InChI is InChI=1S/C12H19NO3S/c1-4-16-12-7-5-6-11(8-12)13-10(2)9-17(3,14)15/h5-8,10,13H,4,9H2,1-3H3. The lowest BCUT2D eigenvalue weighted by molar-refractivity contribution is 0.340. The van der Waals surface area contributed by atoms with Crippen LogP contribution in [0.15, 0.2) is 24.3 Å². The first-order valence-electron chi connectivity index (χ1n) is 5.58. The number of sulfone groups is 1. The predicted molar refractivity (Wildman–Crippen MR) is 70.4 cm³/mol. The molecule has 0 aliphatic heterocycles. The summed E-state index contributed by atoms with van der Waals surface area (Å²) in [5.74, 6) is 0.898. The van der Waals surface area contributed by atoms with Crippen LogP contribution in [0.2, 0.25) is 0 Å². The van der Waals surface area contributed by atoms with Gasteiger partial charge >= 0.3 is 0 Å². The summed E-state index contributed by atoms with van der Waals surface area (Å²) in [7, 11) is -2.96. The van der Waals surface area contributed by atoms with Crippen LogP contribution in [0.5, 0.6) is 5.75 Å². The Bertz CT molecular complexity index is 457. The Morgan fingerprint density at radius 2 is 2.12 bits per heavy atom. The first-order chi connectivity index (χ1) is 7.90. The quantitative estimate of drug-likeness (QED) is 0.846.